The van der Waals surface area contributed by atoms with E-state index in [9.17, 15) is 0 Å². The van der Waals surface area contributed by atoms with Crippen molar-refractivity contribution < 1.29 is 9.47 Å². The number of ether oxygens (including phenoxy) is 2. The predicted octanol–water partition coefficient (Wildman–Crippen LogP) is 1.65. The number of likely N-dealkylation sites (N-methyl/N-ethyl adjacent to an activating group) is 1. The number of hydrogen-bond donors (Lipinski definition) is 1. The van der Waals surface area contributed by atoms with E-state index in [4.69, 9.17) is 9.47 Å². The lowest BCUT2D eigenvalue weighted by Gasteiger charge is -2.27. The minimum Gasteiger partial charge on any atom is -0.378 e. The molecule has 4 nitrogen and oxygen atoms in total. The molecular weight excluding hydrogens is 240 g/mol. The molecule has 0 radical (unpaired) electrons. The van der Waals surface area contributed by atoms with Crippen LogP contribution in [-0.2, 0) is 9.47 Å². The van der Waals surface area contributed by atoms with Crippen LogP contribution in [-0.4, -0.2) is 63.5 Å². The Morgan fingerprint density at radius 2 is 2.05 bits per heavy atom. The fraction of sp³-hybridized carbons (Fsp3) is 1.00. The van der Waals surface area contributed by atoms with Gasteiger partial charge in [0, 0.05) is 26.3 Å². The predicted molar refractivity (Wildman–Crippen MR) is 77.5 cm³/mol. The lowest BCUT2D eigenvalue weighted by atomic mass is 10.1. The highest BCUT2D eigenvalue weighted by molar-refractivity contribution is 4.69. The molecule has 19 heavy (non-hydrogen) atoms. The number of nitrogens with one attached hydrogen (secondary N) is 1. The maximum atomic E-state index is 5.93. The van der Waals surface area contributed by atoms with Crippen LogP contribution in [0.4, 0.5) is 0 Å². The van der Waals surface area contributed by atoms with Gasteiger partial charge in [-0.15, -0.1) is 0 Å². The second-order valence-electron chi connectivity index (χ2n) is 5.92. The molecule has 0 bridgehead atoms. The number of piperidine rings is 1. The number of hydrogen-bond acceptors (Lipinski definition) is 4. The van der Waals surface area contributed by atoms with E-state index in [1.54, 1.807) is 0 Å². The molecule has 0 spiro atoms. The molecule has 2 aliphatic heterocycles. The summed E-state index contributed by atoms with van der Waals surface area (Å²) in [4.78, 5) is 2.39. The lowest BCUT2D eigenvalue weighted by Crippen LogP contribution is -2.35. The summed E-state index contributed by atoms with van der Waals surface area (Å²) in [5, 5.41) is 3.37. The molecule has 2 heterocycles. The van der Waals surface area contributed by atoms with Gasteiger partial charge in [-0.05, 0) is 58.7 Å². The van der Waals surface area contributed by atoms with Crippen LogP contribution in [0, 0.1) is 0 Å². The standard InChI is InChI=1S/C15H30N2O2/c1-17(13-15-5-2-3-11-19-15)10-4-12-18-14-6-8-16-9-7-14/h14-16H,2-13H2,1H3. The summed E-state index contributed by atoms with van der Waals surface area (Å²) in [6, 6.07) is 0. The Morgan fingerprint density at radius 1 is 1.21 bits per heavy atom. The second kappa shape index (κ2) is 8.90. The molecule has 0 aromatic carbocycles. The smallest absolute Gasteiger partial charge is 0.0701 e. The highest BCUT2D eigenvalue weighted by atomic mass is 16.5. The summed E-state index contributed by atoms with van der Waals surface area (Å²) in [6.07, 6.45) is 8.24. The molecule has 112 valence electrons. The fourth-order valence-electron chi connectivity index (χ4n) is 2.94. The van der Waals surface area contributed by atoms with E-state index < -0.39 is 0 Å². The van der Waals surface area contributed by atoms with Crippen LogP contribution in [0.25, 0.3) is 0 Å². The van der Waals surface area contributed by atoms with E-state index in [0.29, 0.717) is 12.2 Å². The van der Waals surface area contributed by atoms with E-state index in [-0.39, 0.29) is 0 Å². The van der Waals surface area contributed by atoms with Gasteiger partial charge < -0.3 is 19.7 Å². The summed E-state index contributed by atoms with van der Waals surface area (Å²) in [7, 11) is 2.20. The van der Waals surface area contributed by atoms with Crippen molar-refractivity contribution in [1.82, 2.24) is 10.2 Å². The van der Waals surface area contributed by atoms with Gasteiger partial charge in [0.2, 0.25) is 0 Å². The van der Waals surface area contributed by atoms with Gasteiger partial charge in [-0.2, -0.15) is 0 Å². The summed E-state index contributed by atoms with van der Waals surface area (Å²) >= 11 is 0. The van der Waals surface area contributed by atoms with Crippen molar-refractivity contribution in [2.75, 3.05) is 46.4 Å². The van der Waals surface area contributed by atoms with Crippen LogP contribution >= 0.6 is 0 Å². The average Bonchev–Trinajstić information content (AvgIpc) is 2.46. The quantitative estimate of drug-likeness (QED) is 0.713. The van der Waals surface area contributed by atoms with Crippen LogP contribution in [0.1, 0.15) is 38.5 Å². The topological polar surface area (TPSA) is 33.7 Å². The summed E-state index contributed by atoms with van der Waals surface area (Å²) in [5.74, 6) is 0. The van der Waals surface area contributed by atoms with Crippen LogP contribution in [0.5, 0.6) is 0 Å². The average molecular weight is 270 g/mol. The van der Waals surface area contributed by atoms with Crippen molar-refractivity contribution in [3.63, 3.8) is 0 Å². The van der Waals surface area contributed by atoms with Gasteiger partial charge >= 0.3 is 0 Å². The maximum Gasteiger partial charge on any atom is 0.0701 e. The van der Waals surface area contributed by atoms with E-state index >= 15 is 0 Å². The molecule has 0 saturated carbocycles. The van der Waals surface area contributed by atoms with E-state index in [1.807, 2.05) is 0 Å². The van der Waals surface area contributed by atoms with Gasteiger partial charge in [-0.3, -0.25) is 0 Å². The SMILES string of the molecule is CN(CCCOC1CCNCC1)CC1CCCCO1. The monoisotopic (exact) mass is 270 g/mol. The molecule has 1 N–H and O–H groups in total. The van der Waals surface area contributed by atoms with Crippen molar-refractivity contribution >= 4 is 0 Å². The first-order valence-electron chi connectivity index (χ1n) is 7.97. The van der Waals surface area contributed by atoms with Gasteiger partial charge in [0.1, 0.15) is 0 Å². The molecule has 2 aliphatic rings. The van der Waals surface area contributed by atoms with E-state index in [2.05, 4.69) is 17.3 Å². The highest BCUT2D eigenvalue weighted by Gasteiger charge is 2.16. The zero-order valence-corrected chi connectivity index (χ0v) is 12.4. The van der Waals surface area contributed by atoms with Gasteiger partial charge in [0.25, 0.3) is 0 Å². The Balaban J connectivity index is 1.47. The van der Waals surface area contributed by atoms with Crippen LogP contribution in [0.3, 0.4) is 0 Å². The number of rotatable bonds is 7. The Labute approximate surface area is 117 Å². The lowest BCUT2D eigenvalue weighted by molar-refractivity contribution is -0.00550. The van der Waals surface area contributed by atoms with Crippen LogP contribution in [0.2, 0.25) is 0 Å². The highest BCUT2D eigenvalue weighted by Crippen LogP contribution is 2.13. The molecule has 2 fully saturated rings. The first-order chi connectivity index (χ1) is 9.34. The van der Waals surface area contributed by atoms with Crippen LogP contribution < -0.4 is 5.32 Å². The van der Waals surface area contributed by atoms with Crippen molar-refractivity contribution in [2.24, 2.45) is 0 Å². The zero-order valence-electron chi connectivity index (χ0n) is 12.4. The Hall–Kier alpha value is -0.160. The van der Waals surface area contributed by atoms with Gasteiger partial charge in [-0.1, -0.05) is 0 Å². The number of nitrogens with zero attached hydrogens (tertiary/aromatic N) is 1. The molecule has 2 saturated heterocycles. The Bertz CT molecular complexity index is 226. The largest absolute Gasteiger partial charge is 0.378 e. The molecule has 1 atom stereocenters. The maximum absolute atomic E-state index is 5.93. The summed E-state index contributed by atoms with van der Waals surface area (Å²) < 4.78 is 11.7. The van der Waals surface area contributed by atoms with Gasteiger partial charge in [0.05, 0.1) is 12.2 Å². The molecular formula is C15H30N2O2. The first-order valence-corrected chi connectivity index (χ1v) is 7.97. The first kappa shape index (κ1) is 15.2. The van der Waals surface area contributed by atoms with Crippen molar-refractivity contribution in [3.8, 4) is 0 Å². The third-order valence-corrected chi connectivity index (χ3v) is 4.11. The molecule has 1 unspecified atom stereocenters. The third-order valence-electron chi connectivity index (χ3n) is 4.11. The molecule has 0 aromatic heterocycles. The minimum absolute atomic E-state index is 0.462. The second-order valence-corrected chi connectivity index (χ2v) is 5.92. The molecule has 0 amide bonds. The normalized spacial score (nSPS) is 25.9. The Kier molecular flexibility index (Phi) is 7.14. The van der Waals surface area contributed by atoms with E-state index in [0.717, 1.165) is 45.8 Å². The fourth-order valence-corrected chi connectivity index (χ4v) is 2.94. The van der Waals surface area contributed by atoms with Crippen molar-refractivity contribution in [2.45, 2.75) is 50.7 Å². The minimum atomic E-state index is 0.462. The third kappa shape index (κ3) is 6.21. The van der Waals surface area contributed by atoms with Gasteiger partial charge in [-0.25, -0.2) is 0 Å². The van der Waals surface area contributed by atoms with Crippen LogP contribution in [0.15, 0.2) is 0 Å². The molecule has 2 rings (SSSR count). The summed E-state index contributed by atoms with van der Waals surface area (Å²) in [6.45, 7) is 6.28. The molecule has 0 aromatic rings. The zero-order chi connectivity index (χ0) is 13.3. The van der Waals surface area contributed by atoms with Crippen molar-refractivity contribution in [3.05, 3.63) is 0 Å². The van der Waals surface area contributed by atoms with Crippen molar-refractivity contribution in [1.29, 1.82) is 0 Å². The van der Waals surface area contributed by atoms with Gasteiger partial charge in [0.15, 0.2) is 0 Å². The molecule has 0 aliphatic carbocycles. The summed E-state index contributed by atoms with van der Waals surface area (Å²) in [5.41, 5.74) is 0. The Morgan fingerprint density at radius 3 is 2.79 bits per heavy atom. The molecule has 4 heteroatoms. The van der Waals surface area contributed by atoms with E-state index in [1.165, 1.54) is 32.1 Å².